The summed E-state index contributed by atoms with van der Waals surface area (Å²) in [5.41, 5.74) is 5.54. The third-order valence-electron chi connectivity index (χ3n) is 4.65. The van der Waals surface area contributed by atoms with Crippen molar-refractivity contribution in [2.45, 2.75) is 19.4 Å². The lowest BCUT2D eigenvalue weighted by molar-refractivity contribution is 0.0945. The van der Waals surface area contributed by atoms with E-state index in [1.54, 1.807) is 7.11 Å². The van der Waals surface area contributed by atoms with Gasteiger partial charge in [0.25, 0.3) is 5.91 Å². The number of methoxy groups -OCH3 is 1. The molecule has 0 fully saturated rings. The van der Waals surface area contributed by atoms with E-state index in [0.717, 1.165) is 41.0 Å². The van der Waals surface area contributed by atoms with Crippen LogP contribution in [0.1, 0.15) is 27.2 Å². The van der Waals surface area contributed by atoms with Crippen LogP contribution < -0.4 is 10.1 Å². The zero-order valence-electron chi connectivity index (χ0n) is 14.3. The fourth-order valence-corrected chi connectivity index (χ4v) is 3.54. The van der Waals surface area contributed by atoms with Crippen molar-refractivity contribution in [3.05, 3.63) is 69.9 Å². The van der Waals surface area contributed by atoms with E-state index in [0.29, 0.717) is 17.3 Å². The number of carbonyl (C=O) groups excluding carboxylic acids is 1. The van der Waals surface area contributed by atoms with Crippen LogP contribution in [0.3, 0.4) is 0 Å². The predicted octanol–water partition coefficient (Wildman–Crippen LogP) is 3.77. The van der Waals surface area contributed by atoms with E-state index in [9.17, 15) is 4.79 Å². The summed E-state index contributed by atoms with van der Waals surface area (Å²) in [5.74, 6) is 0.679. The lowest BCUT2D eigenvalue weighted by Gasteiger charge is -2.17. The topological polar surface area (TPSA) is 67.0 Å². The zero-order chi connectivity index (χ0) is 18.1. The molecule has 0 saturated heterocycles. The summed E-state index contributed by atoms with van der Waals surface area (Å²) in [4.78, 5) is 12.6. The van der Waals surface area contributed by atoms with Crippen molar-refractivity contribution in [1.82, 2.24) is 15.5 Å². The molecule has 1 aliphatic carbocycles. The van der Waals surface area contributed by atoms with Gasteiger partial charge in [0.1, 0.15) is 11.4 Å². The molecule has 3 aromatic rings. The van der Waals surface area contributed by atoms with Crippen molar-refractivity contribution in [3.8, 4) is 17.0 Å². The van der Waals surface area contributed by atoms with Gasteiger partial charge in [0.05, 0.1) is 12.8 Å². The molecule has 0 radical (unpaired) electrons. The van der Waals surface area contributed by atoms with Crippen molar-refractivity contribution in [1.29, 1.82) is 0 Å². The number of ether oxygens (including phenoxy) is 1. The summed E-state index contributed by atoms with van der Waals surface area (Å²) in [6, 6.07) is 13.4. The van der Waals surface area contributed by atoms with Gasteiger partial charge in [-0.2, -0.15) is 5.10 Å². The Kier molecular flexibility index (Phi) is 4.39. The molecule has 6 heteroatoms. The first kappa shape index (κ1) is 16.7. The maximum atomic E-state index is 12.6. The maximum Gasteiger partial charge on any atom is 0.269 e. The number of rotatable bonds is 4. The third kappa shape index (κ3) is 3.06. The van der Waals surface area contributed by atoms with Gasteiger partial charge in [-0.15, -0.1) is 0 Å². The van der Waals surface area contributed by atoms with Crippen molar-refractivity contribution in [2.24, 2.45) is 0 Å². The van der Waals surface area contributed by atoms with E-state index in [1.165, 1.54) is 5.56 Å². The Morgan fingerprint density at radius 2 is 2.15 bits per heavy atom. The van der Waals surface area contributed by atoms with Crippen molar-refractivity contribution >= 4 is 17.5 Å². The first-order valence-corrected chi connectivity index (χ1v) is 8.80. The minimum Gasteiger partial charge on any atom is -0.497 e. The van der Waals surface area contributed by atoms with Crippen LogP contribution in [0.2, 0.25) is 5.02 Å². The van der Waals surface area contributed by atoms with E-state index < -0.39 is 0 Å². The Morgan fingerprint density at radius 1 is 1.27 bits per heavy atom. The summed E-state index contributed by atoms with van der Waals surface area (Å²) in [5, 5.41) is 10.9. The highest BCUT2D eigenvalue weighted by molar-refractivity contribution is 6.30. The molecule has 5 nitrogen and oxygen atoms in total. The van der Waals surface area contributed by atoms with Crippen molar-refractivity contribution < 1.29 is 9.53 Å². The molecule has 1 amide bonds. The Labute approximate surface area is 156 Å². The van der Waals surface area contributed by atoms with Crippen molar-refractivity contribution in [3.63, 3.8) is 0 Å². The number of hydrogen-bond acceptors (Lipinski definition) is 3. The molecule has 0 bridgehead atoms. The van der Waals surface area contributed by atoms with Crippen LogP contribution in [0.5, 0.6) is 5.75 Å². The maximum absolute atomic E-state index is 12.6. The molecule has 1 aliphatic rings. The van der Waals surface area contributed by atoms with Gasteiger partial charge >= 0.3 is 0 Å². The highest BCUT2D eigenvalue weighted by Gasteiger charge is 2.25. The van der Waals surface area contributed by atoms with Gasteiger partial charge in [-0.1, -0.05) is 23.7 Å². The summed E-state index contributed by atoms with van der Waals surface area (Å²) >= 11 is 5.99. The second-order valence-corrected chi connectivity index (χ2v) is 6.70. The smallest absolute Gasteiger partial charge is 0.269 e. The van der Waals surface area contributed by atoms with E-state index in [2.05, 4.69) is 15.5 Å². The summed E-state index contributed by atoms with van der Waals surface area (Å²) in [7, 11) is 1.66. The Balaban J connectivity index is 1.56. The lowest BCUT2D eigenvalue weighted by atomic mass is 9.89. The number of aryl methyl sites for hydroxylation is 1. The molecule has 1 aromatic heterocycles. The molecule has 1 heterocycles. The Hall–Kier alpha value is -2.79. The number of hydrogen-bond donors (Lipinski definition) is 2. The second kappa shape index (κ2) is 6.84. The fraction of sp³-hybridized carbons (Fsp3) is 0.200. The first-order chi connectivity index (χ1) is 12.7. The van der Waals surface area contributed by atoms with Crippen LogP contribution in [0.15, 0.2) is 42.5 Å². The minimum absolute atomic E-state index is 0.157. The van der Waals surface area contributed by atoms with E-state index in [1.807, 2.05) is 42.5 Å². The zero-order valence-corrected chi connectivity index (χ0v) is 15.1. The second-order valence-electron chi connectivity index (χ2n) is 6.26. The number of aromatic nitrogens is 2. The van der Waals surface area contributed by atoms with E-state index in [-0.39, 0.29) is 5.91 Å². The average Bonchev–Trinajstić information content (AvgIpc) is 3.10. The fourth-order valence-electron chi connectivity index (χ4n) is 3.33. The van der Waals surface area contributed by atoms with Crippen LogP contribution in [0, 0.1) is 0 Å². The Morgan fingerprint density at radius 3 is 2.96 bits per heavy atom. The molecule has 0 atom stereocenters. The predicted molar refractivity (Wildman–Crippen MR) is 101 cm³/mol. The van der Waals surface area contributed by atoms with E-state index >= 15 is 0 Å². The number of carbonyl (C=O) groups is 1. The minimum atomic E-state index is -0.157. The van der Waals surface area contributed by atoms with Crippen LogP contribution in [0.25, 0.3) is 11.3 Å². The monoisotopic (exact) mass is 367 g/mol. The number of amides is 1. The number of H-pyrrole nitrogens is 1. The van der Waals surface area contributed by atoms with Crippen LogP contribution in [-0.2, 0) is 19.4 Å². The van der Waals surface area contributed by atoms with Gasteiger partial charge in [0.2, 0.25) is 0 Å². The summed E-state index contributed by atoms with van der Waals surface area (Å²) in [6.07, 6.45) is 1.62. The molecule has 2 N–H and O–H groups in total. The summed E-state index contributed by atoms with van der Waals surface area (Å²) < 4.78 is 5.29. The van der Waals surface area contributed by atoms with E-state index in [4.69, 9.17) is 16.3 Å². The standard InChI is InChI=1S/C20H18ClN3O2/c1-26-15-6-8-16-13(10-15)5-7-17-18(16)23-24-19(17)20(25)22-11-12-3-2-4-14(21)9-12/h2-4,6,8-10H,5,7,11H2,1H3,(H,22,25)(H,23,24). The van der Waals surface area contributed by atoms with Crippen LogP contribution >= 0.6 is 11.6 Å². The van der Waals surface area contributed by atoms with Gasteiger partial charge in [-0.25, -0.2) is 0 Å². The molecule has 0 saturated carbocycles. The van der Waals surface area contributed by atoms with Crippen molar-refractivity contribution in [2.75, 3.05) is 7.11 Å². The lowest BCUT2D eigenvalue weighted by Crippen LogP contribution is -2.24. The van der Waals surface area contributed by atoms with Gasteiger partial charge in [-0.3, -0.25) is 9.89 Å². The number of nitrogens with one attached hydrogen (secondary N) is 2. The van der Waals surface area contributed by atoms with Gasteiger partial charge in [0.15, 0.2) is 0 Å². The number of halogens is 1. The third-order valence-corrected chi connectivity index (χ3v) is 4.88. The first-order valence-electron chi connectivity index (χ1n) is 8.43. The van der Waals surface area contributed by atoms with Crippen LogP contribution in [0.4, 0.5) is 0 Å². The van der Waals surface area contributed by atoms with Gasteiger partial charge < -0.3 is 10.1 Å². The average molecular weight is 368 g/mol. The number of aromatic amines is 1. The van der Waals surface area contributed by atoms with Gasteiger partial charge in [0, 0.05) is 22.7 Å². The number of nitrogens with zero attached hydrogens (tertiary/aromatic N) is 1. The number of fused-ring (bicyclic) bond motifs is 3. The molecular formula is C20H18ClN3O2. The summed E-state index contributed by atoms with van der Waals surface area (Å²) in [6.45, 7) is 0.418. The number of benzene rings is 2. The highest BCUT2D eigenvalue weighted by atomic mass is 35.5. The molecule has 2 aromatic carbocycles. The highest BCUT2D eigenvalue weighted by Crippen LogP contribution is 2.35. The quantitative estimate of drug-likeness (QED) is 0.737. The molecule has 0 aliphatic heterocycles. The van der Waals surface area contributed by atoms with Crippen LogP contribution in [-0.4, -0.2) is 23.2 Å². The Bertz CT molecular complexity index is 981. The molecule has 4 rings (SSSR count). The molecule has 0 spiro atoms. The SMILES string of the molecule is COc1ccc2c(c1)CCc1c-2n[nH]c1C(=O)NCc1cccc(Cl)c1. The van der Waals surface area contributed by atoms with Gasteiger partial charge in [-0.05, 0) is 54.3 Å². The molecular weight excluding hydrogens is 350 g/mol. The molecule has 132 valence electrons. The molecule has 0 unspecified atom stereocenters. The largest absolute Gasteiger partial charge is 0.497 e. The molecule has 26 heavy (non-hydrogen) atoms. The normalized spacial score (nSPS) is 12.2.